The van der Waals surface area contributed by atoms with Crippen molar-refractivity contribution in [3.05, 3.63) is 65.0 Å². The van der Waals surface area contributed by atoms with E-state index in [1.165, 1.54) is 0 Å². The minimum absolute atomic E-state index is 0.252. The number of carbonyl (C=O) groups is 2. The van der Waals surface area contributed by atoms with Crippen molar-refractivity contribution < 1.29 is 14.3 Å². The number of nitrogens with one attached hydrogen (secondary N) is 2. The third-order valence-electron chi connectivity index (χ3n) is 4.18. The molecule has 1 heterocycles. The van der Waals surface area contributed by atoms with Gasteiger partial charge in [-0.1, -0.05) is 36.4 Å². The Bertz CT molecular complexity index is 951. The first-order valence-corrected chi connectivity index (χ1v) is 8.18. The molecule has 3 rings (SSSR count). The summed E-state index contributed by atoms with van der Waals surface area (Å²) in [4.78, 5) is 27.8. The molecule has 2 N–H and O–H groups in total. The van der Waals surface area contributed by atoms with Crippen LogP contribution in [-0.2, 0) is 4.74 Å². The van der Waals surface area contributed by atoms with E-state index in [-0.39, 0.29) is 12.5 Å². The SMILES string of the molecule is CCOC(=O)c1[nH]c(C)c(C(=O)Nc2cccc3ccccc23)c1C. The molecule has 25 heavy (non-hydrogen) atoms. The molecule has 128 valence electrons. The summed E-state index contributed by atoms with van der Waals surface area (Å²) in [5.74, 6) is -0.703. The van der Waals surface area contributed by atoms with Gasteiger partial charge in [0.05, 0.1) is 12.2 Å². The topological polar surface area (TPSA) is 71.2 Å². The highest BCUT2D eigenvalue weighted by Crippen LogP contribution is 2.25. The van der Waals surface area contributed by atoms with E-state index in [4.69, 9.17) is 4.74 Å². The smallest absolute Gasteiger partial charge is 0.355 e. The number of anilines is 1. The van der Waals surface area contributed by atoms with Gasteiger partial charge in [0.1, 0.15) is 5.69 Å². The Kier molecular flexibility index (Phi) is 4.57. The van der Waals surface area contributed by atoms with Gasteiger partial charge in [0, 0.05) is 16.8 Å². The van der Waals surface area contributed by atoms with Crippen LogP contribution in [0.3, 0.4) is 0 Å². The molecule has 5 nitrogen and oxygen atoms in total. The first-order chi connectivity index (χ1) is 12.0. The summed E-state index contributed by atoms with van der Waals surface area (Å²) in [6, 6.07) is 13.6. The maximum Gasteiger partial charge on any atom is 0.355 e. The minimum Gasteiger partial charge on any atom is -0.461 e. The van der Waals surface area contributed by atoms with Crippen LogP contribution in [0.15, 0.2) is 42.5 Å². The lowest BCUT2D eigenvalue weighted by Gasteiger charge is -2.09. The molecule has 0 aliphatic carbocycles. The van der Waals surface area contributed by atoms with Gasteiger partial charge in [-0.25, -0.2) is 4.79 Å². The molecule has 3 aromatic rings. The van der Waals surface area contributed by atoms with Crippen LogP contribution in [0.25, 0.3) is 10.8 Å². The van der Waals surface area contributed by atoms with Crippen LogP contribution >= 0.6 is 0 Å². The van der Waals surface area contributed by atoms with Crippen LogP contribution in [0.4, 0.5) is 5.69 Å². The Morgan fingerprint density at radius 2 is 1.80 bits per heavy atom. The fraction of sp³-hybridized carbons (Fsp3) is 0.200. The van der Waals surface area contributed by atoms with Crippen molar-refractivity contribution in [1.82, 2.24) is 4.98 Å². The van der Waals surface area contributed by atoms with Crippen LogP contribution in [0.2, 0.25) is 0 Å². The van der Waals surface area contributed by atoms with Crippen molar-refractivity contribution in [3.63, 3.8) is 0 Å². The normalized spacial score (nSPS) is 10.7. The third kappa shape index (κ3) is 3.13. The molecule has 0 saturated carbocycles. The fourth-order valence-electron chi connectivity index (χ4n) is 3.02. The molecule has 0 aliphatic rings. The van der Waals surface area contributed by atoms with Gasteiger partial charge in [0.25, 0.3) is 5.91 Å². The zero-order chi connectivity index (χ0) is 18.0. The number of H-pyrrole nitrogens is 1. The molecule has 0 aliphatic heterocycles. The lowest BCUT2D eigenvalue weighted by atomic mass is 10.1. The predicted octanol–water partition coefficient (Wildman–Crippen LogP) is 4.21. The van der Waals surface area contributed by atoms with Crippen molar-refractivity contribution in [3.8, 4) is 0 Å². The van der Waals surface area contributed by atoms with Gasteiger partial charge >= 0.3 is 5.97 Å². The molecule has 0 unspecified atom stereocenters. The molecule has 0 fully saturated rings. The second-order valence-electron chi connectivity index (χ2n) is 5.83. The van der Waals surface area contributed by atoms with E-state index in [0.717, 1.165) is 16.5 Å². The maximum absolute atomic E-state index is 12.8. The van der Waals surface area contributed by atoms with Gasteiger partial charge in [-0.15, -0.1) is 0 Å². The lowest BCUT2D eigenvalue weighted by molar-refractivity contribution is 0.0519. The number of hydrogen-bond acceptors (Lipinski definition) is 3. The molecule has 0 atom stereocenters. The van der Waals surface area contributed by atoms with E-state index in [1.807, 2.05) is 42.5 Å². The highest BCUT2D eigenvalue weighted by molar-refractivity contribution is 6.11. The standard InChI is InChI=1S/C20H20N2O3/c1-4-25-20(24)18-12(2)17(13(3)21-18)19(23)22-16-11-7-9-14-8-5-6-10-15(14)16/h5-11,21H,4H2,1-3H3,(H,22,23). The maximum atomic E-state index is 12.8. The van der Waals surface area contributed by atoms with Crippen molar-refractivity contribution in [2.75, 3.05) is 11.9 Å². The number of hydrogen-bond donors (Lipinski definition) is 2. The molecule has 5 heteroatoms. The number of esters is 1. The second-order valence-corrected chi connectivity index (χ2v) is 5.83. The Hall–Kier alpha value is -3.08. The molecular formula is C20H20N2O3. The monoisotopic (exact) mass is 336 g/mol. The number of amides is 1. The van der Waals surface area contributed by atoms with Gasteiger partial charge in [0.15, 0.2) is 0 Å². The molecule has 1 amide bonds. The Balaban J connectivity index is 1.95. The van der Waals surface area contributed by atoms with Crippen LogP contribution < -0.4 is 5.32 Å². The summed E-state index contributed by atoms with van der Waals surface area (Å²) in [6.45, 7) is 5.55. The van der Waals surface area contributed by atoms with Crippen LogP contribution in [0.5, 0.6) is 0 Å². The summed E-state index contributed by atoms with van der Waals surface area (Å²) in [5.41, 5.74) is 2.76. The van der Waals surface area contributed by atoms with Crippen LogP contribution in [0.1, 0.15) is 39.0 Å². The fourth-order valence-corrected chi connectivity index (χ4v) is 3.02. The van der Waals surface area contributed by atoms with Crippen LogP contribution in [0, 0.1) is 13.8 Å². The lowest BCUT2D eigenvalue weighted by Crippen LogP contribution is -2.14. The summed E-state index contributed by atoms with van der Waals surface area (Å²) < 4.78 is 5.03. The van der Waals surface area contributed by atoms with Gasteiger partial charge in [-0.2, -0.15) is 0 Å². The van der Waals surface area contributed by atoms with E-state index in [9.17, 15) is 9.59 Å². The summed E-state index contributed by atoms with van der Waals surface area (Å²) in [5, 5.41) is 4.97. The third-order valence-corrected chi connectivity index (χ3v) is 4.18. The summed E-state index contributed by atoms with van der Waals surface area (Å²) in [6.07, 6.45) is 0. The first-order valence-electron chi connectivity index (χ1n) is 8.18. The van der Waals surface area contributed by atoms with E-state index in [2.05, 4.69) is 10.3 Å². The molecule has 2 aromatic carbocycles. The highest BCUT2D eigenvalue weighted by atomic mass is 16.5. The number of fused-ring (bicyclic) bond motifs is 1. The predicted molar refractivity (Wildman–Crippen MR) is 98.1 cm³/mol. The Morgan fingerprint density at radius 3 is 2.56 bits per heavy atom. The molecule has 1 aromatic heterocycles. The van der Waals surface area contributed by atoms with E-state index >= 15 is 0 Å². The van der Waals surface area contributed by atoms with Crippen molar-refractivity contribution in [2.24, 2.45) is 0 Å². The second kappa shape index (κ2) is 6.81. The molecule has 0 radical (unpaired) electrons. The largest absolute Gasteiger partial charge is 0.461 e. The number of carbonyl (C=O) groups excluding carboxylic acids is 2. The van der Waals surface area contributed by atoms with Gasteiger partial charge in [-0.05, 0) is 37.8 Å². The molecule has 0 bridgehead atoms. The quantitative estimate of drug-likeness (QED) is 0.701. The Labute approximate surface area is 146 Å². The number of rotatable bonds is 4. The van der Waals surface area contributed by atoms with E-state index in [1.54, 1.807) is 20.8 Å². The summed E-state index contributed by atoms with van der Waals surface area (Å²) >= 11 is 0. The average molecular weight is 336 g/mol. The number of aromatic nitrogens is 1. The zero-order valence-corrected chi connectivity index (χ0v) is 14.5. The van der Waals surface area contributed by atoms with Gasteiger partial charge < -0.3 is 15.0 Å². The number of aromatic amines is 1. The number of aryl methyl sites for hydroxylation is 1. The number of benzene rings is 2. The van der Waals surface area contributed by atoms with Crippen molar-refractivity contribution in [2.45, 2.75) is 20.8 Å². The molecular weight excluding hydrogens is 316 g/mol. The first kappa shape index (κ1) is 16.8. The Morgan fingerprint density at radius 1 is 1.08 bits per heavy atom. The number of ether oxygens (including phenoxy) is 1. The van der Waals surface area contributed by atoms with Gasteiger partial charge in [0.2, 0.25) is 0 Å². The zero-order valence-electron chi connectivity index (χ0n) is 14.5. The average Bonchev–Trinajstić information content (AvgIpc) is 2.90. The van der Waals surface area contributed by atoms with Crippen molar-refractivity contribution in [1.29, 1.82) is 0 Å². The van der Waals surface area contributed by atoms with Gasteiger partial charge in [-0.3, -0.25) is 4.79 Å². The van der Waals surface area contributed by atoms with Crippen molar-refractivity contribution >= 4 is 28.3 Å². The molecule has 0 spiro atoms. The van der Waals surface area contributed by atoms with E-state index in [0.29, 0.717) is 22.5 Å². The van der Waals surface area contributed by atoms with Crippen LogP contribution in [-0.4, -0.2) is 23.5 Å². The van der Waals surface area contributed by atoms with E-state index < -0.39 is 5.97 Å². The minimum atomic E-state index is -0.452. The molecule has 0 saturated heterocycles. The highest BCUT2D eigenvalue weighted by Gasteiger charge is 2.23. The summed E-state index contributed by atoms with van der Waals surface area (Å²) in [7, 11) is 0.